The lowest BCUT2D eigenvalue weighted by Crippen LogP contribution is -2.55. The molecule has 4 aromatic rings. The number of Topliss-reactive ketones (excluding diaryl/α,β-unsaturated/α-hetero) is 1. The summed E-state index contributed by atoms with van der Waals surface area (Å²) < 4.78 is 0. The van der Waals surface area contributed by atoms with E-state index in [1.165, 1.54) is 11.3 Å². The predicted molar refractivity (Wildman–Crippen MR) is 175 cm³/mol. The van der Waals surface area contributed by atoms with Gasteiger partial charge < -0.3 is 20.4 Å². The summed E-state index contributed by atoms with van der Waals surface area (Å²) in [5.74, 6) is -1.40. The van der Waals surface area contributed by atoms with Crippen LogP contribution >= 0.6 is 11.3 Å². The van der Waals surface area contributed by atoms with Crippen molar-refractivity contribution >= 4 is 34.7 Å². The Morgan fingerprint density at radius 3 is 2.14 bits per heavy atom. The molecule has 2 aliphatic heterocycles. The van der Waals surface area contributed by atoms with Crippen molar-refractivity contribution in [3.05, 3.63) is 123 Å². The van der Waals surface area contributed by atoms with Crippen molar-refractivity contribution in [3.8, 4) is 0 Å². The van der Waals surface area contributed by atoms with Gasteiger partial charge in [-0.1, -0.05) is 83.4 Å². The van der Waals surface area contributed by atoms with Crippen LogP contribution in [0.2, 0.25) is 0 Å². The van der Waals surface area contributed by atoms with Crippen LogP contribution in [-0.4, -0.2) is 59.7 Å². The molecule has 8 heteroatoms. The van der Waals surface area contributed by atoms with Crippen molar-refractivity contribution in [2.24, 2.45) is 5.92 Å². The van der Waals surface area contributed by atoms with Crippen LogP contribution in [0.25, 0.3) is 0 Å². The van der Waals surface area contributed by atoms with Gasteiger partial charge in [0.25, 0.3) is 0 Å². The SMILES string of the molecule is Cc1ccc(NC(=O)N2C(C(=O)N3CCNCC3)C(c3cccs3)C(C(=O)c3ccc(C)cc3)C2c2cccc(C)c2)cc1. The molecule has 3 amide bonds. The van der Waals surface area contributed by atoms with Gasteiger partial charge in [-0.15, -0.1) is 11.3 Å². The van der Waals surface area contributed by atoms with Gasteiger partial charge in [0.2, 0.25) is 5.91 Å². The number of ketones is 1. The van der Waals surface area contributed by atoms with E-state index in [4.69, 9.17) is 0 Å². The summed E-state index contributed by atoms with van der Waals surface area (Å²) in [6.45, 7) is 8.46. The topological polar surface area (TPSA) is 81.8 Å². The summed E-state index contributed by atoms with van der Waals surface area (Å²) >= 11 is 1.53. The number of aryl methyl sites for hydroxylation is 3. The summed E-state index contributed by atoms with van der Waals surface area (Å²) in [6, 6.07) is 25.2. The highest BCUT2D eigenvalue weighted by molar-refractivity contribution is 7.10. The fourth-order valence-corrected chi connectivity index (χ4v) is 7.49. The smallest absolute Gasteiger partial charge is 0.323 e. The summed E-state index contributed by atoms with van der Waals surface area (Å²) in [5, 5.41) is 8.38. The van der Waals surface area contributed by atoms with Crippen molar-refractivity contribution < 1.29 is 14.4 Å². The van der Waals surface area contributed by atoms with E-state index in [-0.39, 0.29) is 11.7 Å². The Balaban J connectivity index is 1.55. The minimum absolute atomic E-state index is 0.0707. The van der Waals surface area contributed by atoms with Crippen LogP contribution in [0.15, 0.2) is 90.3 Å². The normalized spacial score (nSPS) is 21.7. The summed E-state index contributed by atoms with van der Waals surface area (Å²) in [7, 11) is 0. The van der Waals surface area contributed by atoms with Crippen molar-refractivity contribution in [3.63, 3.8) is 0 Å². The second-order valence-electron chi connectivity index (χ2n) is 11.9. The molecule has 7 nitrogen and oxygen atoms in total. The lowest BCUT2D eigenvalue weighted by molar-refractivity contribution is -0.136. The minimum Gasteiger partial charge on any atom is -0.338 e. The molecule has 3 heterocycles. The van der Waals surface area contributed by atoms with Gasteiger partial charge in [-0.2, -0.15) is 0 Å². The van der Waals surface area contributed by atoms with Gasteiger partial charge in [-0.05, 0) is 49.9 Å². The minimum atomic E-state index is -0.873. The quantitative estimate of drug-likeness (QED) is 0.251. The molecule has 44 heavy (non-hydrogen) atoms. The van der Waals surface area contributed by atoms with E-state index in [2.05, 4.69) is 10.6 Å². The molecule has 6 rings (SSSR count). The lowest BCUT2D eigenvalue weighted by atomic mass is 9.78. The summed E-state index contributed by atoms with van der Waals surface area (Å²) in [6.07, 6.45) is 0. The summed E-state index contributed by atoms with van der Waals surface area (Å²) in [5.41, 5.74) is 5.21. The number of carbonyl (C=O) groups is 3. The van der Waals surface area contributed by atoms with Crippen molar-refractivity contribution in [2.45, 2.75) is 38.8 Å². The average molecular weight is 607 g/mol. The molecule has 2 N–H and O–H groups in total. The van der Waals surface area contributed by atoms with Gasteiger partial charge in [0.1, 0.15) is 6.04 Å². The highest BCUT2D eigenvalue weighted by Crippen LogP contribution is 2.53. The van der Waals surface area contributed by atoms with E-state index in [1.807, 2.05) is 116 Å². The molecule has 226 valence electrons. The van der Waals surface area contributed by atoms with Crippen molar-refractivity contribution in [1.82, 2.24) is 15.1 Å². The largest absolute Gasteiger partial charge is 0.338 e. The Morgan fingerprint density at radius 2 is 1.50 bits per heavy atom. The zero-order valence-electron chi connectivity index (χ0n) is 25.3. The number of amides is 3. The number of urea groups is 1. The van der Waals surface area contributed by atoms with E-state index in [9.17, 15) is 14.4 Å². The molecule has 0 radical (unpaired) electrons. The molecule has 4 atom stereocenters. The number of carbonyl (C=O) groups excluding carboxylic acids is 3. The van der Waals surface area contributed by atoms with Gasteiger partial charge in [-0.3, -0.25) is 9.59 Å². The van der Waals surface area contributed by atoms with Crippen LogP contribution in [0.1, 0.15) is 49.4 Å². The Labute approximate surface area is 262 Å². The number of rotatable bonds is 6. The Kier molecular flexibility index (Phi) is 8.64. The van der Waals surface area contributed by atoms with E-state index in [1.54, 1.807) is 4.90 Å². The zero-order chi connectivity index (χ0) is 30.8. The highest BCUT2D eigenvalue weighted by Gasteiger charge is 2.58. The lowest BCUT2D eigenvalue weighted by Gasteiger charge is -2.36. The van der Waals surface area contributed by atoms with Crippen LogP contribution < -0.4 is 10.6 Å². The molecule has 0 aliphatic carbocycles. The first-order chi connectivity index (χ1) is 21.3. The maximum atomic E-state index is 14.8. The summed E-state index contributed by atoms with van der Waals surface area (Å²) in [4.78, 5) is 48.4. The first-order valence-corrected chi connectivity index (χ1v) is 16.1. The van der Waals surface area contributed by atoms with Crippen LogP contribution in [0, 0.1) is 26.7 Å². The van der Waals surface area contributed by atoms with E-state index < -0.39 is 30.0 Å². The second-order valence-corrected chi connectivity index (χ2v) is 12.9. The van der Waals surface area contributed by atoms with Gasteiger partial charge in [0.15, 0.2) is 5.78 Å². The number of nitrogens with one attached hydrogen (secondary N) is 2. The predicted octanol–water partition coefficient (Wildman–Crippen LogP) is 6.35. The molecule has 0 bridgehead atoms. The third kappa shape index (κ3) is 5.92. The fraction of sp³-hybridized carbons (Fsp3) is 0.306. The Morgan fingerprint density at radius 1 is 0.818 bits per heavy atom. The van der Waals surface area contributed by atoms with Gasteiger partial charge >= 0.3 is 6.03 Å². The maximum Gasteiger partial charge on any atom is 0.323 e. The molecular formula is C36H38N4O3S. The number of benzene rings is 3. The molecule has 3 aromatic carbocycles. The van der Waals surface area contributed by atoms with Crippen LogP contribution in [0.5, 0.6) is 0 Å². The number of nitrogens with zero attached hydrogens (tertiary/aromatic N) is 2. The molecular weight excluding hydrogens is 568 g/mol. The van der Waals surface area contributed by atoms with Gasteiger partial charge in [0, 0.05) is 48.2 Å². The average Bonchev–Trinajstić information content (AvgIpc) is 3.69. The number of hydrogen-bond donors (Lipinski definition) is 2. The number of piperazine rings is 1. The fourth-order valence-electron chi connectivity index (χ4n) is 6.59. The Bertz CT molecular complexity index is 1630. The van der Waals surface area contributed by atoms with Gasteiger partial charge in [-0.25, -0.2) is 4.79 Å². The van der Waals surface area contributed by atoms with Gasteiger partial charge in [0.05, 0.1) is 12.0 Å². The molecule has 0 saturated carbocycles. The highest BCUT2D eigenvalue weighted by atomic mass is 32.1. The van der Waals surface area contributed by atoms with Crippen molar-refractivity contribution in [2.75, 3.05) is 31.5 Å². The molecule has 2 fully saturated rings. The molecule has 4 unspecified atom stereocenters. The monoisotopic (exact) mass is 606 g/mol. The van der Waals surface area contributed by atoms with Crippen LogP contribution in [0.3, 0.4) is 0 Å². The third-order valence-electron chi connectivity index (χ3n) is 8.78. The number of anilines is 1. The molecule has 0 spiro atoms. The zero-order valence-corrected chi connectivity index (χ0v) is 26.1. The number of thiophene rings is 1. The van der Waals surface area contributed by atoms with E-state index >= 15 is 0 Å². The molecule has 2 aliphatic rings. The molecule has 1 aromatic heterocycles. The van der Waals surface area contributed by atoms with Crippen LogP contribution in [-0.2, 0) is 4.79 Å². The maximum absolute atomic E-state index is 14.8. The standard InChI is InChI=1S/C36H38N4O3S/c1-23-9-13-26(14-10-23)34(41)31-30(29-8-5-21-44-29)33(35(42)39-19-17-37-18-20-39)40(32(31)27-7-4-6-25(3)22-27)36(43)38-28-15-11-24(2)12-16-28/h4-16,21-22,30-33,37H,17-20H2,1-3H3,(H,38,43). The molecule has 2 saturated heterocycles. The first kappa shape index (κ1) is 29.8. The number of likely N-dealkylation sites (tertiary alicyclic amines) is 1. The van der Waals surface area contributed by atoms with Crippen LogP contribution in [0.4, 0.5) is 10.5 Å². The van der Waals surface area contributed by atoms with E-state index in [0.29, 0.717) is 37.4 Å². The first-order valence-electron chi connectivity index (χ1n) is 15.2. The Hall–Kier alpha value is -4.27. The number of hydrogen-bond acceptors (Lipinski definition) is 5. The third-order valence-corrected chi connectivity index (χ3v) is 9.75. The van der Waals surface area contributed by atoms with E-state index in [0.717, 1.165) is 27.1 Å². The van der Waals surface area contributed by atoms with Crippen molar-refractivity contribution in [1.29, 1.82) is 0 Å². The second kappa shape index (κ2) is 12.8.